The van der Waals surface area contributed by atoms with E-state index in [1.165, 1.54) is 0 Å². The Morgan fingerprint density at radius 3 is 2.89 bits per heavy atom. The van der Waals surface area contributed by atoms with Crippen molar-refractivity contribution in [3.8, 4) is 0 Å². The van der Waals surface area contributed by atoms with Crippen LogP contribution >= 0.6 is 11.6 Å². The van der Waals surface area contributed by atoms with Crippen LogP contribution in [-0.2, 0) is 4.79 Å². The van der Waals surface area contributed by atoms with Gasteiger partial charge in [-0.25, -0.2) is 4.98 Å². The van der Waals surface area contributed by atoms with Gasteiger partial charge in [0, 0.05) is 25.6 Å². The summed E-state index contributed by atoms with van der Waals surface area (Å²) in [5, 5.41) is 9.44. The fourth-order valence-electron chi connectivity index (χ4n) is 1.59. The minimum absolute atomic E-state index is 0.143. The molecule has 0 aromatic carbocycles. The topological polar surface area (TPSA) is 78.9 Å². The molecule has 0 saturated heterocycles. The van der Waals surface area contributed by atoms with Crippen molar-refractivity contribution in [1.29, 1.82) is 0 Å². The van der Waals surface area contributed by atoms with E-state index in [2.05, 4.69) is 25.9 Å². The van der Waals surface area contributed by atoms with Gasteiger partial charge in [-0.3, -0.25) is 4.79 Å². The highest BCUT2D eigenvalue weighted by atomic mass is 35.5. The molecule has 1 heterocycles. The molecule has 1 fully saturated rings. The molecule has 0 atom stereocenters. The van der Waals surface area contributed by atoms with Gasteiger partial charge < -0.3 is 16.0 Å². The Labute approximate surface area is 117 Å². The second-order valence-electron chi connectivity index (χ2n) is 4.41. The molecular formula is C12H18ClN5O. The molecule has 1 aliphatic carbocycles. The molecule has 0 bridgehead atoms. The lowest BCUT2D eigenvalue weighted by Gasteiger charge is -2.09. The van der Waals surface area contributed by atoms with Crippen molar-refractivity contribution in [2.75, 3.05) is 30.3 Å². The van der Waals surface area contributed by atoms with Gasteiger partial charge in [0.05, 0.1) is 6.20 Å². The number of amides is 1. The lowest BCUT2D eigenvalue weighted by Crippen LogP contribution is -2.30. The maximum atomic E-state index is 11.4. The van der Waals surface area contributed by atoms with Crippen molar-refractivity contribution in [3.63, 3.8) is 0 Å². The molecule has 0 spiro atoms. The zero-order chi connectivity index (χ0) is 13.7. The smallest absolute Gasteiger partial charge is 0.224 e. The maximum Gasteiger partial charge on any atom is 0.224 e. The van der Waals surface area contributed by atoms with E-state index in [0.29, 0.717) is 29.9 Å². The third kappa shape index (κ3) is 4.24. The molecule has 19 heavy (non-hydrogen) atoms. The minimum Gasteiger partial charge on any atom is -0.367 e. The summed E-state index contributed by atoms with van der Waals surface area (Å²) in [5.74, 6) is 1.50. The zero-order valence-electron chi connectivity index (χ0n) is 10.9. The summed E-state index contributed by atoms with van der Waals surface area (Å²) in [6.07, 6.45) is 3.59. The molecule has 1 aromatic rings. The number of hydrogen-bond acceptors (Lipinski definition) is 5. The first-order valence-electron chi connectivity index (χ1n) is 6.48. The quantitative estimate of drug-likeness (QED) is 0.661. The molecule has 104 valence electrons. The van der Waals surface area contributed by atoms with Crippen LogP contribution in [0.15, 0.2) is 6.20 Å². The molecular weight excluding hydrogens is 266 g/mol. The van der Waals surface area contributed by atoms with Gasteiger partial charge in [-0.15, -0.1) is 0 Å². The van der Waals surface area contributed by atoms with Crippen LogP contribution in [0.25, 0.3) is 0 Å². The fraction of sp³-hybridized carbons (Fsp3) is 0.583. The van der Waals surface area contributed by atoms with Gasteiger partial charge in [0.1, 0.15) is 5.02 Å². The summed E-state index contributed by atoms with van der Waals surface area (Å²) in [6, 6.07) is 0. The predicted molar refractivity (Wildman–Crippen MR) is 75.4 cm³/mol. The first-order valence-corrected chi connectivity index (χ1v) is 6.86. The van der Waals surface area contributed by atoms with E-state index >= 15 is 0 Å². The van der Waals surface area contributed by atoms with Crippen LogP contribution in [0.5, 0.6) is 0 Å². The molecule has 2 rings (SSSR count). The molecule has 1 amide bonds. The van der Waals surface area contributed by atoms with Crippen molar-refractivity contribution in [2.45, 2.75) is 19.8 Å². The highest BCUT2D eigenvalue weighted by Gasteiger charge is 2.28. The average molecular weight is 284 g/mol. The van der Waals surface area contributed by atoms with Crippen molar-refractivity contribution in [1.82, 2.24) is 15.3 Å². The largest absolute Gasteiger partial charge is 0.367 e. The van der Waals surface area contributed by atoms with Crippen LogP contribution in [-0.4, -0.2) is 35.5 Å². The standard InChI is InChI=1S/C12H18ClN5O/c1-2-14-12-17-7-9(13)10(18-12)15-5-6-16-11(19)8-3-4-8/h7-8H,2-6H2,1H3,(H,16,19)(H2,14,15,17,18). The van der Waals surface area contributed by atoms with Crippen molar-refractivity contribution < 1.29 is 4.79 Å². The van der Waals surface area contributed by atoms with Crippen molar-refractivity contribution in [3.05, 3.63) is 11.2 Å². The first-order chi connectivity index (χ1) is 9.20. The summed E-state index contributed by atoms with van der Waals surface area (Å²) in [6.45, 7) is 3.87. The van der Waals surface area contributed by atoms with Crippen LogP contribution < -0.4 is 16.0 Å². The van der Waals surface area contributed by atoms with E-state index in [4.69, 9.17) is 11.6 Å². The average Bonchev–Trinajstić information content (AvgIpc) is 3.22. The molecule has 1 aromatic heterocycles. The van der Waals surface area contributed by atoms with Gasteiger partial charge in [0.15, 0.2) is 5.82 Å². The van der Waals surface area contributed by atoms with Crippen molar-refractivity contribution in [2.24, 2.45) is 5.92 Å². The Morgan fingerprint density at radius 1 is 1.42 bits per heavy atom. The van der Waals surface area contributed by atoms with E-state index in [1.54, 1.807) is 6.20 Å². The SMILES string of the molecule is CCNc1ncc(Cl)c(NCCNC(=O)C2CC2)n1. The number of carbonyl (C=O) groups is 1. The summed E-state index contributed by atoms with van der Waals surface area (Å²) in [7, 11) is 0. The third-order valence-corrected chi connectivity index (χ3v) is 3.02. The van der Waals surface area contributed by atoms with Gasteiger partial charge in [-0.1, -0.05) is 11.6 Å². The van der Waals surface area contributed by atoms with E-state index < -0.39 is 0 Å². The molecule has 6 nitrogen and oxygen atoms in total. The normalized spacial score (nSPS) is 14.0. The number of halogens is 1. The van der Waals surface area contributed by atoms with E-state index in [1.807, 2.05) is 6.92 Å². The summed E-state index contributed by atoms with van der Waals surface area (Å²) in [4.78, 5) is 19.7. The zero-order valence-corrected chi connectivity index (χ0v) is 11.6. The maximum absolute atomic E-state index is 11.4. The Balaban J connectivity index is 1.77. The Bertz CT molecular complexity index is 450. The van der Waals surface area contributed by atoms with E-state index in [0.717, 1.165) is 19.4 Å². The molecule has 1 saturated carbocycles. The highest BCUT2D eigenvalue weighted by molar-refractivity contribution is 6.32. The summed E-state index contributed by atoms with van der Waals surface area (Å²) in [5.41, 5.74) is 0. The second kappa shape index (κ2) is 6.56. The molecule has 3 N–H and O–H groups in total. The van der Waals surface area contributed by atoms with Crippen LogP contribution in [0.1, 0.15) is 19.8 Å². The second-order valence-corrected chi connectivity index (χ2v) is 4.82. The number of rotatable bonds is 7. The van der Waals surface area contributed by atoms with E-state index in [-0.39, 0.29) is 11.8 Å². The monoisotopic (exact) mass is 283 g/mol. The van der Waals surface area contributed by atoms with Gasteiger partial charge in [0.2, 0.25) is 11.9 Å². The summed E-state index contributed by atoms with van der Waals surface area (Å²) >= 11 is 6.00. The van der Waals surface area contributed by atoms with Crippen LogP contribution in [0.2, 0.25) is 5.02 Å². The van der Waals surface area contributed by atoms with E-state index in [9.17, 15) is 4.79 Å². The first kappa shape index (κ1) is 13.9. The molecule has 0 aliphatic heterocycles. The lowest BCUT2D eigenvalue weighted by molar-refractivity contribution is -0.122. The van der Waals surface area contributed by atoms with Gasteiger partial charge in [-0.2, -0.15) is 4.98 Å². The molecule has 0 unspecified atom stereocenters. The number of anilines is 2. The van der Waals surface area contributed by atoms with Gasteiger partial charge in [-0.05, 0) is 19.8 Å². The molecule has 1 aliphatic rings. The van der Waals surface area contributed by atoms with Gasteiger partial charge in [0.25, 0.3) is 0 Å². The molecule has 0 radical (unpaired) electrons. The van der Waals surface area contributed by atoms with Crippen LogP contribution in [0.3, 0.4) is 0 Å². The third-order valence-electron chi connectivity index (χ3n) is 2.74. The Kier molecular flexibility index (Phi) is 4.79. The number of nitrogens with one attached hydrogen (secondary N) is 3. The van der Waals surface area contributed by atoms with Crippen LogP contribution in [0.4, 0.5) is 11.8 Å². The number of hydrogen-bond donors (Lipinski definition) is 3. The fourth-order valence-corrected chi connectivity index (χ4v) is 1.75. The highest BCUT2D eigenvalue weighted by Crippen LogP contribution is 2.28. The van der Waals surface area contributed by atoms with Crippen molar-refractivity contribution >= 4 is 29.3 Å². The minimum atomic E-state index is 0.143. The van der Waals surface area contributed by atoms with Gasteiger partial charge >= 0.3 is 0 Å². The predicted octanol–water partition coefficient (Wildman–Crippen LogP) is 1.50. The Hall–Kier alpha value is -1.56. The lowest BCUT2D eigenvalue weighted by atomic mass is 10.4. The number of aromatic nitrogens is 2. The number of carbonyl (C=O) groups excluding carboxylic acids is 1. The summed E-state index contributed by atoms with van der Waals surface area (Å²) < 4.78 is 0. The van der Waals surface area contributed by atoms with Crippen LogP contribution in [0, 0.1) is 5.92 Å². The Morgan fingerprint density at radius 2 is 2.21 bits per heavy atom. The molecule has 7 heteroatoms. The number of nitrogens with zero attached hydrogens (tertiary/aromatic N) is 2.